The van der Waals surface area contributed by atoms with Crippen LogP contribution < -0.4 is 0 Å². The van der Waals surface area contributed by atoms with E-state index in [9.17, 15) is 9.18 Å². The van der Waals surface area contributed by atoms with Gasteiger partial charge in [0, 0.05) is 29.6 Å². The Morgan fingerprint density at radius 3 is 2.62 bits per heavy atom. The van der Waals surface area contributed by atoms with Crippen molar-refractivity contribution in [3.63, 3.8) is 0 Å². The SMILES string of the molecule is O=C(c1ccccc1F)C1CCN(CCc2c[nH]c3ccccc23)CC1. The van der Waals surface area contributed by atoms with Gasteiger partial charge in [-0.1, -0.05) is 30.3 Å². The molecule has 0 bridgehead atoms. The molecule has 0 atom stereocenters. The summed E-state index contributed by atoms with van der Waals surface area (Å²) < 4.78 is 13.8. The monoisotopic (exact) mass is 350 g/mol. The van der Waals surface area contributed by atoms with Gasteiger partial charge in [-0.05, 0) is 56.1 Å². The summed E-state index contributed by atoms with van der Waals surface area (Å²) >= 11 is 0. The van der Waals surface area contributed by atoms with Crippen LogP contribution in [0, 0.1) is 11.7 Å². The molecule has 1 N–H and O–H groups in total. The number of rotatable bonds is 5. The minimum atomic E-state index is -0.403. The maximum absolute atomic E-state index is 13.8. The first-order valence-corrected chi connectivity index (χ1v) is 9.28. The van der Waals surface area contributed by atoms with E-state index in [1.54, 1.807) is 18.2 Å². The molecule has 1 aromatic heterocycles. The molecule has 0 amide bonds. The van der Waals surface area contributed by atoms with Crippen molar-refractivity contribution in [2.75, 3.05) is 19.6 Å². The number of nitrogens with zero attached hydrogens (tertiary/aromatic N) is 1. The fraction of sp³-hybridized carbons (Fsp3) is 0.318. The number of benzene rings is 2. The van der Waals surface area contributed by atoms with Crippen LogP contribution in [0.4, 0.5) is 4.39 Å². The van der Waals surface area contributed by atoms with Gasteiger partial charge in [0.15, 0.2) is 5.78 Å². The zero-order valence-electron chi connectivity index (χ0n) is 14.7. The first-order chi connectivity index (χ1) is 12.7. The highest BCUT2D eigenvalue weighted by molar-refractivity contribution is 5.98. The van der Waals surface area contributed by atoms with E-state index in [1.807, 2.05) is 6.07 Å². The number of nitrogens with one attached hydrogen (secondary N) is 1. The maximum Gasteiger partial charge on any atom is 0.168 e. The van der Waals surface area contributed by atoms with Gasteiger partial charge in [0.05, 0.1) is 5.56 Å². The van der Waals surface area contributed by atoms with E-state index in [0.717, 1.165) is 38.9 Å². The number of likely N-dealkylation sites (tertiary alicyclic amines) is 1. The Kier molecular flexibility index (Phi) is 4.85. The van der Waals surface area contributed by atoms with Crippen LogP contribution in [0.15, 0.2) is 54.7 Å². The largest absolute Gasteiger partial charge is 0.361 e. The van der Waals surface area contributed by atoms with Crippen LogP contribution in [0.2, 0.25) is 0 Å². The lowest BCUT2D eigenvalue weighted by molar-refractivity contribution is 0.0837. The zero-order valence-corrected chi connectivity index (χ0v) is 14.7. The second-order valence-corrected chi connectivity index (χ2v) is 7.07. The average molecular weight is 350 g/mol. The Labute approximate surface area is 152 Å². The van der Waals surface area contributed by atoms with E-state index in [-0.39, 0.29) is 17.3 Å². The van der Waals surface area contributed by atoms with E-state index in [1.165, 1.54) is 22.5 Å². The minimum absolute atomic E-state index is 0.0422. The summed E-state index contributed by atoms with van der Waals surface area (Å²) in [5, 5.41) is 1.29. The number of aromatic nitrogens is 1. The van der Waals surface area contributed by atoms with Crippen molar-refractivity contribution in [1.82, 2.24) is 9.88 Å². The van der Waals surface area contributed by atoms with Crippen molar-refractivity contribution < 1.29 is 9.18 Å². The standard InChI is InChI=1S/C22H23FN2O/c23-20-7-3-1-6-19(20)22(26)16-9-12-25(13-10-16)14-11-17-15-24-21-8-4-2-5-18(17)21/h1-8,15-16,24H,9-14H2. The predicted octanol–water partition coefficient (Wildman–Crippen LogP) is 4.44. The van der Waals surface area contributed by atoms with Crippen molar-refractivity contribution in [2.24, 2.45) is 5.92 Å². The van der Waals surface area contributed by atoms with Gasteiger partial charge >= 0.3 is 0 Å². The number of fused-ring (bicyclic) bond motifs is 1. The number of aromatic amines is 1. The lowest BCUT2D eigenvalue weighted by Gasteiger charge is -2.31. The minimum Gasteiger partial charge on any atom is -0.361 e. The van der Waals surface area contributed by atoms with Crippen LogP contribution in [0.1, 0.15) is 28.8 Å². The molecule has 3 nitrogen and oxygen atoms in total. The number of carbonyl (C=O) groups excluding carboxylic acids is 1. The molecule has 3 aromatic rings. The highest BCUT2D eigenvalue weighted by atomic mass is 19.1. The molecule has 4 heteroatoms. The number of halogens is 1. The molecule has 1 aliphatic heterocycles. The molecule has 0 saturated carbocycles. The highest BCUT2D eigenvalue weighted by Gasteiger charge is 2.27. The number of Topliss-reactive ketones (excluding diaryl/α,β-unsaturated/α-hetero) is 1. The van der Waals surface area contributed by atoms with Crippen LogP contribution in [0.3, 0.4) is 0 Å². The molecule has 0 spiro atoms. The van der Waals surface area contributed by atoms with E-state index in [4.69, 9.17) is 0 Å². The van der Waals surface area contributed by atoms with Crippen LogP contribution in [-0.2, 0) is 6.42 Å². The topological polar surface area (TPSA) is 36.1 Å². The lowest BCUT2D eigenvalue weighted by atomic mass is 9.88. The molecule has 26 heavy (non-hydrogen) atoms. The third-order valence-electron chi connectivity index (χ3n) is 5.47. The first kappa shape index (κ1) is 17.0. The summed E-state index contributed by atoms with van der Waals surface area (Å²) in [7, 11) is 0. The lowest BCUT2D eigenvalue weighted by Crippen LogP contribution is -2.37. The van der Waals surface area contributed by atoms with Gasteiger partial charge in [0.25, 0.3) is 0 Å². The fourth-order valence-electron chi connectivity index (χ4n) is 3.92. The summed E-state index contributed by atoms with van der Waals surface area (Å²) in [6.45, 7) is 2.78. The fourth-order valence-corrected chi connectivity index (χ4v) is 3.92. The summed E-state index contributed by atoms with van der Waals surface area (Å²) in [6.07, 6.45) is 4.71. The molecule has 1 fully saturated rings. The Balaban J connectivity index is 1.32. The number of piperidine rings is 1. The Bertz CT molecular complexity index is 909. The molecule has 2 heterocycles. The zero-order chi connectivity index (χ0) is 17.9. The summed E-state index contributed by atoms with van der Waals surface area (Å²) in [5.74, 6) is -0.505. The molecule has 0 unspecified atom stereocenters. The average Bonchev–Trinajstić information content (AvgIpc) is 3.10. The molecule has 1 saturated heterocycles. The van der Waals surface area contributed by atoms with Crippen molar-refractivity contribution in [3.8, 4) is 0 Å². The third-order valence-corrected chi connectivity index (χ3v) is 5.47. The molecular formula is C22H23FN2O. The Hall–Kier alpha value is -2.46. The molecule has 4 rings (SSSR count). The van der Waals surface area contributed by atoms with Crippen LogP contribution in [0.25, 0.3) is 10.9 Å². The third kappa shape index (κ3) is 3.42. The molecule has 2 aromatic carbocycles. The normalized spacial score (nSPS) is 16.2. The summed E-state index contributed by atoms with van der Waals surface area (Å²) in [5.41, 5.74) is 2.76. The summed E-state index contributed by atoms with van der Waals surface area (Å²) in [4.78, 5) is 18.3. The maximum atomic E-state index is 13.8. The van der Waals surface area contributed by atoms with Crippen molar-refractivity contribution in [3.05, 3.63) is 71.7 Å². The van der Waals surface area contributed by atoms with Gasteiger partial charge in [-0.2, -0.15) is 0 Å². The van der Waals surface area contributed by atoms with Crippen LogP contribution >= 0.6 is 0 Å². The van der Waals surface area contributed by atoms with Crippen LogP contribution in [-0.4, -0.2) is 35.3 Å². The van der Waals surface area contributed by atoms with Gasteiger partial charge in [0.1, 0.15) is 5.82 Å². The first-order valence-electron chi connectivity index (χ1n) is 9.28. The Morgan fingerprint density at radius 1 is 1.08 bits per heavy atom. The van der Waals surface area contributed by atoms with Gasteiger partial charge in [0.2, 0.25) is 0 Å². The van der Waals surface area contributed by atoms with E-state index in [0.29, 0.717) is 0 Å². The second-order valence-electron chi connectivity index (χ2n) is 7.07. The Morgan fingerprint density at radius 2 is 1.81 bits per heavy atom. The molecule has 134 valence electrons. The number of hydrogen-bond donors (Lipinski definition) is 1. The number of hydrogen-bond acceptors (Lipinski definition) is 2. The van der Waals surface area contributed by atoms with Gasteiger partial charge in [-0.15, -0.1) is 0 Å². The molecule has 0 aliphatic carbocycles. The summed E-state index contributed by atoms with van der Waals surface area (Å²) in [6, 6.07) is 14.7. The molecular weight excluding hydrogens is 327 g/mol. The van der Waals surface area contributed by atoms with Crippen LogP contribution in [0.5, 0.6) is 0 Å². The quantitative estimate of drug-likeness (QED) is 0.691. The van der Waals surface area contributed by atoms with Crippen molar-refractivity contribution in [2.45, 2.75) is 19.3 Å². The predicted molar refractivity (Wildman–Crippen MR) is 102 cm³/mol. The van der Waals surface area contributed by atoms with Crippen molar-refractivity contribution >= 4 is 16.7 Å². The number of ketones is 1. The molecule has 0 radical (unpaired) electrons. The second kappa shape index (κ2) is 7.42. The molecule has 1 aliphatic rings. The smallest absolute Gasteiger partial charge is 0.168 e. The van der Waals surface area contributed by atoms with E-state index < -0.39 is 5.82 Å². The van der Waals surface area contributed by atoms with Gasteiger partial charge in [-0.25, -0.2) is 4.39 Å². The highest BCUT2D eigenvalue weighted by Crippen LogP contribution is 2.24. The van der Waals surface area contributed by atoms with E-state index in [2.05, 4.69) is 34.3 Å². The van der Waals surface area contributed by atoms with E-state index >= 15 is 0 Å². The number of para-hydroxylation sites is 1. The number of carbonyl (C=O) groups is 1. The van der Waals surface area contributed by atoms with Gasteiger partial charge in [-0.3, -0.25) is 4.79 Å². The number of H-pyrrole nitrogens is 1. The van der Waals surface area contributed by atoms with Gasteiger partial charge < -0.3 is 9.88 Å². The van der Waals surface area contributed by atoms with Crippen molar-refractivity contribution in [1.29, 1.82) is 0 Å².